The van der Waals surface area contributed by atoms with Gasteiger partial charge in [0.15, 0.2) is 10.2 Å². The van der Waals surface area contributed by atoms with Crippen molar-refractivity contribution in [2.75, 3.05) is 5.75 Å². The average Bonchev–Trinajstić information content (AvgIpc) is 3.41. The number of fused-ring (bicyclic) bond motifs is 1. The van der Waals surface area contributed by atoms with E-state index in [1.54, 1.807) is 18.2 Å². The summed E-state index contributed by atoms with van der Waals surface area (Å²) < 4.78 is 1.84. The van der Waals surface area contributed by atoms with E-state index in [0.717, 1.165) is 14.6 Å². The number of amidine groups is 1. The van der Waals surface area contributed by atoms with E-state index < -0.39 is 5.91 Å². The molecule has 0 spiro atoms. The molecular formula is C25H18N4O3S2. The lowest BCUT2D eigenvalue weighted by Gasteiger charge is -2.19. The van der Waals surface area contributed by atoms with Gasteiger partial charge in [0.05, 0.1) is 16.0 Å². The third-order valence-corrected chi connectivity index (χ3v) is 7.11. The highest BCUT2D eigenvalue weighted by atomic mass is 32.2. The van der Waals surface area contributed by atoms with Gasteiger partial charge in [-0.05, 0) is 35.9 Å². The summed E-state index contributed by atoms with van der Waals surface area (Å²) in [4.78, 5) is 34.9. The van der Waals surface area contributed by atoms with Crippen LogP contribution in [-0.4, -0.2) is 38.5 Å². The first-order valence-corrected chi connectivity index (χ1v) is 12.1. The Bertz CT molecular complexity index is 1400. The molecule has 2 amide bonds. The molecule has 0 fully saturated rings. The van der Waals surface area contributed by atoms with Crippen molar-refractivity contribution in [3.8, 4) is 5.75 Å². The highest BCUT2D eigenvalue weighted by Crippen LogP contribution is 2.29. The molecule has 2 N–H and O–H groups in total. The van der Waals surface area contributed by atoms with E-state index in [9.17, 15) is 14.7 Å². The van der Waals surface area contributed by atoms with Crippen molar-refractivity contribution >= 4 is 57.0 Å². The van der Waals surface area contributed by atoms with Gasteiger partial charge < -0.3 is 5.11 Å². The van der Waals surface area contributed by atoms with Crippen LogP contribution in [0.2, 0.25) is 0 Å². The van der Waals surface area contributed by atoms with Gasteiger partial charge in [0.25, 0.3) is 5.91 Å². The maximum Gasteiger partial charge on any atom is 0.297 e. The number of phenols is 1. The van der Waals surface area contributed by atoms with Gasteiger partial charge >= 0.3 is 0 Å². The minimum absolute atomic E-state index is 0.0999. The summed E-state index contributed by atoms with van der Waals surface area (Å²) in [6.07, 6.45) is 1.62. The molecule has 34 heavy (non-hydrogen) atoms. The fourth-order valence-corrected chi connectivity index (χ4v) is 5.19. The normalized spacial score (nSPS) is 14.6. The first kappa shape index (κ1) is 21.9. The van der Waals surface area contributed by atoms with Crippen LogP contribution in [0.15, 0.2) is 93.9 Å². The fourth-order valence-electron chi connectivity index (χ4n) is 3.33. The first-order chi connectivity index (χ1) is 16.6. The van der Waals surface area contributed by atoms with Gasteiger partial charge in [-0.15, -0.1) is 11.3 Å². The Morgan fingerprint density at radius 3 is 2.53 bits per heavy atom. The highest BCUT2D eigenvalue weighted by Gasteiger charge is 2.32. The van der Waals surface area contributed by atoms with Crippen LogP contribution in [0.3, 0.4) is 0 Å². The molecule has 0 radical (unpaired) electrons. The number of carbonyl (C=O) groups is 2. The number of aliphatic imine (C=N–C) groups is 1. The summed E-state index contributed by atoms with van der Waals surface area (Å²) in [7, 11) is 0. The number of hydrazine groups is 1. The summed E-state index contributed by atoms with van der Waals surface area (Å²) >= 11 is 2.84. The van der Waals surface area contributed by atoms with E-state index in [0.29, 0.717) is 17.0 Å². The summed E-state index contributed by atoms with van der Waals surface area (Å²) in [6.45, 7) is 0. The predicted molar refractivity (Wildman–Crippen MR) is 134 cm³/mol. The molecule has 2 heterocycles. The van der Waals surface area contributed by atoms with E-state index in [-0.39, 0.29) is 23.1 Å². The maximum atomic E-state index is 13.1. The molecular weight excluding hydrogens is 468 g/mol. The van der Waals surface area contributed by atoms with Crippen LogP contribution in [0.5, 0.6) is 5.75 Å². The van der Waals surface area contributed by atoms with Gasteiger partial charge in [0, 0.05) is 5.56 Å². The van der Waals surface area contributed by atoms with Gasteiger partial charge in [-0.2, -0.15) is 5.01 Å². The molecule has 0 bridgehead atoms. The zero-order valence-electron chi connectivity index (χ0n) is 17.7. The van der Waals surface area contributed by atoms with Gasteiger partial charge in [-0.25, -0.2) is 9.98 Å². The van der Waals surface area contributed by atoms with Crippen LogP contribution < -0.4 is 5.43 Å². The number of hydrogen-bond donors (Lipinski definition) is 2. The number of thiazole rings is 1. The lowest BCUT2D eigenvalue weighted by atomic mass is 10.2. The minimum atomic E-state index is -0.440. The molecule has 168 valence electrons. The third-order valence-electron chi connectivity index (χ3n) is 4.93. The second-order valence-corrected chi connectivity index (χ2v) is 9.59. The molecule has 5 rings (SSSR count). The van der Waals surface area contributed by atoms with Gasteiger partial charge in [0.2, 0.25) is 5.91 Å². The van der Waals surface area contributed by atoms with Crippen LogP contribution >= 0.6 is 23.1 Å². The van der Waals surface area contributed by atoms with Gasteiger partial charge in [-0.3, -0.25) is 15.0 Å². The van der Waals surface area contributed by atoms with Crippen molar-refractivity contribution in [1.29, 1.82) is 0 Å². The number of phenolic OH excluding ortho intramolecular Hbond substituents is 1. The van der Waals surface area contributed by atoms with Crippen LogP contribution in [0, 0.1) is 0 Å². The average molecular weight is 487 g/mol. The number of benzene rings is 3. The topological polar surface area (TPSA) is 94.9 Å². The second kappa shape index (κ2) is 9.50. The van der Waals surface area contributed by atoms with Crippen molar-refractivity contribution in [1.82, 2.24) is 15.4 Å². The summed E-state index contributed by atoms with van der Waals surface area (Å²) in [5.41, 5.74) is 5.18. The lowest BCUT2D eigenvalue weighted by molar-refractivity contribution is -0.132. The Labute approximate surface area is 203 Å². The van der Waals surface area contributed by atoms with Crippen LogP contribution in [0.1, 0.15) is 11.1 Å². The van der Waals surface area contributed by atoms with Crippen LogP contribution in [-0.2, 0) is 9.59 Å². The fraction of sp³-hybridized carbons (Fsp3) is 0.0400. The smallest absolute Gasteiger partial charge is 0.297 e. The number of hydrogen-bond acceptors (Lipinski definition) is 7. The molecule has 7 nitrogen and oxygen atoms in total. The highest BCUT2D eigenvalue weighted by molar-refractivity contribution is 8.01. The summed E-state index contributed by atoms with van der Waals surface area (Å²) in [6, 6.07) is 23.4. The van der Waals surface area contributed by atoms with Gasteiger partial charge in [-0.1, -0.05) is 66.4 Å². The molecule has 0 saturated carbocycles. The number of aromatic nitrogens is 1. The molecule has 9 heteroatoms. The second-order valence-electron chi connectivity index (χ2n) is 7.33. The van der Waals surface area contributed by atoms with Crippen LogP contribution in [0.4, 0.5) is 0 Å². The zero-order chi connectivity index (χ0) is 23.5. The molecule has 4 aromatic rings. The molecule has 3 aromatic carbocycles. The molecule has 1 aliphatic rings. The number of thioether (sulfide) groups is 1. The van der Waals surface area contributed by atoms with E-state index in [2.05, 4.69) is 15.4 Å². The van der Waals surface area contributed by atoms with Crippen molar-refractivity contribution < 1.29 is 14.7 Å². The number of rotatable bonds is 6. The minimum Gasteiger partial charge on any atom is -0.508 e. The van der Waals surface area contributed by atoms with Gasteiger partial charge in [0.1, 0.15) is 11.4 Å². The zero-order valence-corrected chi connectivity index (χ0v) is 19.3. The Morgan fingerprint density at radius 1 is 1.03 bits per heavy atom. The molecule has 0 unspecified atom stereocenters. The number of nitrogens with one attached hydrogen (secondary N) is 1. The largest absolute Gasteiger partial charge is 0.508 e. The van der Waals surface area contributed by atoms with Crippen LogP contribution in [0.25, 0.3) is 16.3 Å². The molecule has 1 aromatic heterocycles. The van der Waals surface area contributed by atoms with Crippen molar-refractivity contribution in [3.05, 3.63) is 95.7 Å². The molecule has 0 aliphatic carbocycles. The van der Waals surface area contributed by atoms with E-state index in [4.69, 9.17) is 0 Å². The third kappa shape index (κ3) is 4.70. The Morgan fingerprint density at radius 2 is 1.76 bits per heavy atom. The number of aromatic hydroxyl groups is 1. The quantitative estimate of drug-likeness (QED) is 0.310. The Hall–Kier alpha value is -3.95. The maximum absolute atomic E-state index is 13.1. The van der Waals surface area contributed by atoms with Crippen molar-refractivity contribution in [2.45, 2.75) is 4.34 Å². The number of para-hydroxylation sites is 1. The van der Waals surface area contributed by atoms with E-state index in [1.807, 2.05) is 54.6 Å². The number of carbonyl (C=O) groups excluding carboxylic acids is 2. The summed E-state index contributed by atoms with van der Waals surface area (Å²) in [5, 5.41) is 10.7. The summed E-state index contributed by atoms with van der Waals surface area (Å²) in [5.74, 6) is -0.206. The first-order valence-electron chi connectivity index (χ1n) is 10.3. The number of amides is 2. The van der Waals surface area contributed by atoms with E-state index in [1.165, 1.54) is 40.2 Å². The Kier molecular flexibility index (Phi) is 6.11. The Balaban J connectivity index is 1.35. The predicted octanol–water partition coefficient (Wildman–Crippen LogP) is 4.46. The molecule has 0 atom stereocenters. The standard InChI is InChI=1S/C25H18N4O3S2/c30-18-12-10-16(11-13-18)14-20-24(32)29(23(26-20)17-6-2-1-3-7-17)28-22(31)15-33-25-27-19-8-4-5-9-21(19)34-25/h1-14,30H,15H2,(H,28,31)/b20-14-. The SMILES string of the molecule is O=C(CSc1nc2ccccc2s1)NN1C(=O)/C(=C/c2ccc(O)cc2)N=C1c1ccccc1. The monoisotopic (exact) mass is 486 g/mol. The van der Waals surface area contributed by atoms with E-state index >= 15 is 0 Å². The molecule has 1 aliphatic heterocycles. The van der Waals surface area contributed by atoms with Crippen molar-refractivity contribution in [3.63, 3.8) is 0 Å². The van der Waals surface area contributed by atoms with Crippen molar-refractivity contribution in [2.24, 2.45) is 4.99 Å². The lowest BCUT2D eigenvalue weighted by Crippen LogP contribution is -2.48. The molecule has 0 saturated heterocycles. The number of nitrogens with zero attached hydrogens (tertiary/aromatic N) is 3.